The molecule has 2 aliphatic rings. The molecule has 4 rings (SSSR count). The van der Waals surface area contributed by atoms with E-state index in [1.54, 1.807) is 0 Å². The lowest BCUT2D eigenvalue weighted by atomic mass is 10.1. The van der Waals surface area contributed by atoms with Gasteiger partial charge in [0.2, 0.25) is 5.91 Å². The van der Waals surface area contributed by atoms with Crippen LogP contribution in [0.3, 0.4) is 0 Å². The van der Waals surface area contributed by atoms with Crippen molar-refractivity contribution in [2.24, 2.45) is 4.99 Å². The average Bonchev–Trinajstić information content (AvgIpc) is 3.44. The van der Waals surface area contributed by atoms with Crippen LogP contribution in [0.1, 0.15) is 43.7 Å². The van der Waals surface area contributed by atoms with Gasteiger partial charge in [-0.1, -0.05) is 42.5 Å². The van der Waals surface area contributed by atoms with Gasteiger partial charge in [-0.15, -0.1) is 35.7 Å². The Hall–Kier alpha value is -1.74. The summed E-state index contributed by atoms with van der Waals surface area (Å²) in [5.41, 5.74) is 2.36. The lowest BCUT2D eigenvalue weighted by Crippen LogP contribution is -2.41. The van der Waals surface area contributed by atoms with Crippen LogP contribution in [0.5, 0.6) is 0 Å². The number of benzene rings is 2. The molecule has 2 N–H and O–H groups in total. The summed E-state index contributed by atoms with van der Waals surface area (Å²) in [6, 6.07) is 19.1. The number of hydrogen-bond donors (Lipinski definition) is 2. The van der Waals surface area contributed by atoms with Crippen molar-refractivity contribution in [1.29, 1.82) is 0 Å². The van der Waals surface area contributed by atoms with Crippen LogP contribution in [0, 0.1) is 0 Å². The van der Waals surface area contributed by atoms with Crippen LogP contribution in [0.15, 0.2) is 64.5 Å². The summed E-state index contributed by atoms with van der Waals surface area (Å²) in [6.07, 6.45) is 4.15. The van der Waals surface area contributed by atoms with E-state index in [1.165, 1.54) is 28.9 Å². The highest BCUT2D eigenvalue weighted by Gasteiger charge is 2.43. The van der Waals surface area contributed by atoms with Crippen molar-refractivity contribution in [2.75, 3.05) is 19.6 Å². The Morgan fingerprint density at radius 2 is 1.78 bits per heavy atom. The van der Waals surface area contributed by atoms with E-state index in [1.807, 2.05) is 16.7 Å². The van der Waals surface area contributed by atoms with E-state index in [-0.39, 0.29) is 34.6 Å². The van der Waals surface area contributed by atoms with Crippen LogP contribution in [0.2, 0.25) is 0 Å². The molecular formula is C25H33IN4OS. The first-order valence-corrected chi connectivity index (χ1v) is 12.1. The molecule has 0 atom stereocenters. The molecule has 0 radical (unpaired) electrons. The summed E-state index contributed by atoms with van der Waals surface area (Å²) in [5.74, 6) is 1.14. The Labute approximate surface area is 212 Å². The summed E-state index contributed by atoms with van der Waals surface area (Å²) in [7, 11) is 0. The number of carbonyl (C=O) groups excluding carboxylic acids is 1. The maximum atomic E-state index is 11.8. The normalized spacial score (nSPS) is 17.1. The van der Waals surface area contributed by atoms with Gasteiger partial charge in [-0.2, -0.15) is 0 Å². The first kappa shape index (κ1) is 24.9. The molecule has 2 fully saturated rings. The van der Waals surface area contributed by atoms with Crippen molar-refractivity contribution in [3.05, 3.63) is 65.7 Å². The number of hydrogen-bond acceptors (Lipinski definition) is 3. The van der Waals surface area contributed by atoms with Gasteiger partial charge in [-0.05, 0) is 49.4 Å². The Bertz CT molecular complexity index is 900. The molecule has 1 saturated carbocycles. The molecule has 1 aliphatic carbocycles. The van der Waals surface area contributed by atoms with Crippen LogP contribution in [-0.4, -0.2) is 41.1 Å². The van der Waals surface area contributed by atoms with Gasteiger partial charge in [0.1, 0.15) is 0 Å². The van der Waals surface area contributed by atoms with E-state index < -0.39 is 0 Å². The predicted octanol–water partition coefficient (Wildman–Crippen LogP) is 4.81. The summed E-state index contributed by atoms with van der Waals surface area (Å²) < 4.78 is 0.284. The number of halogens is 1. The smallest absolute Gasteiger partial charge is 0.222 e. The maximum absolute atomic E-state index is 11.8. The van der Waals surface area contributed by atoms with E-state index in [0.717, 1.165) is 32.0 Å². The van der Waals surface area contributed by atoms with Gasteiger partial charge in [0.05, 0.1) is 6.54 Å². The van der Waals surface area contributed by atoms with Crippen molar-refractivity contribution in [3.8, 4) is 0 Å². The molecule has 1 amide bonds. The fourth-order valence-corrected chi connectivity index (χ4v) is 5.04. The van der Waals surface area contributed by atoms with Crippen LogP contribution < -0.4 is 10.6 Å². The van der Waals surface area contributed by atoms with Crippen molar-refractivity contribution in [3.63, 3.8) is 0 Å². The third-order valence-electron chi connectivity index (χ3n) is 5.79. The average molecular weight is 565 g/mol. The third kappa shape index (κ3) is 7.13. The fourth-order valence-electron chi connectivity index (χ4n) is 3.79. The zero-order valence-electron chi connectivity index (χ0n) is 18.7. The predicted molar refractivity (Wildman–Crippen MR) is 144 cm³/mol. The number of carbonyl (C=O) groups is 1. The number of likely N-dealkylation sites (tertiary alicyclic amines) is 1. The molecule has 0 unspecified atom stereocenters. The van der Waals surface area contributed by atoms with E-state index in [0.29, 0.717) is 19.5 Å². The lowest BCUT2D eigenvalue weighted by Gasteiger charge is -2.18. The number of nitrogens with one attached hydrogen (secondary N) is 2. The summed E-state index contributed by atoms with van der Waals surface area (Å²) in [4.78, 5) is 19.9. The van der Waals surface area contributed by atoms with Gasteiger partial charge in [-0.3, -0.25) is 4.79 Å². The number of nitrogens with zero attached hydrogens (tertiary/aromatic N) is 2. The minimum Gasteiger partial charge on any atom is -0.357 e. The topological polar surface area (TPSA) is 56.7 Å². The minimum absolute atomic E-state index is 0. The highest BCUT2D eigenvalue weighted by atomic mass is 127. The quantitative estimate of drug-likeness (QED) is 0.261. The number of thioether (sulfide) groups is 1. The molecule has 1 heterocycles. The Morgan fingerprint density at radius 1 is 1.06 bits per heavy atom. The molecule has 2 aromatic rings. The molecule has 32 heavy (non-hydrogen) atoms. The van der Waals surface area contributed by atoms with Crippen LogP contribution in [-0.2, 0) is 17.9 Å². The summed E-state index contributed by atoms with van der Waals surface area (Å²) in [5, 5.41) is 6.92. The SMILES string of the molecule is CCNC(=NCc1ccc(CN2CCCC2=O)cc1)NCC1(Sc2ccccc2)CC1.I. The zero-order valence-corrected chi connectivity index (χ0v) is 21.8. The summed E-state index contributed by atoms with van der Waals surface area (Å²) >= 11 is 1.97. The largest absolute Gasteiger partial charge is 0.357 e. The molecule has 0 spiro atoms. The minimum atomic E-state index is 0. The van der Waals surface area contributed by atoms with Gasteiger partial charge < -0.3 is 15.5 Å². The van der Waals surface area contributed by atoms with Crippen molar-refractivity contribution in [1.82, 2.24) is 15.5 Å². The first-order valence-electron chi connectivity index (χ1n) is 11.3. The van der Waals surface area contributed by atoms with Gasteiger partial charge in [0, 0.05) is 42.2 Å². The summed E-state index contributed by atoms with van der Waals surface area (Å²) in [6.45, 7) is 6.09. The number of aliphatic imine (C=N–C) groups is 1. The van der Waals surface area contributed by atoms with Crippen LogP contribution >= 0.6 is 35.7 Å². The highest BCUT2D eigenvalue weighted by molar-refractivity contribution is 14.0. The second kappa shape index (κ2) is 11.9. The first-order chi connectivity index (χ1) is 15.2. The number of amides is 1. The van der Waals surface area contributed by atoms with Crippen LogP contribution in [0.25, 0.3) is 0 Å². The molecule has 1 aliphatic heterocycles. The lowest BCUT2D eigenvalue weighted by molar-refractivity contribution is -0.128. The Kier molecular flexibility index (Phi) is 9.28. The second-order valence-electron chi connectivity index (χ2n) is 8.38. The fraction of sp³-hybridized carbons (Fsp3) is 0.440. The third-order valence-corrected chi connectivity index (χ3v) is 7.29. The molecule has 2 aromatic carbocycles. The molecular weight excluding hydrogens is 531 g/mol. The second-order valence-corrected chi connectivity index (χ2v) is 9.92. The number of guanidine groups is 1. The van der Waals surface area contributed by atoms with Gasteiger partial charge >= 0.3 is 0 Å². The van der Waals surface area contributed by atoms with E-state index in [9.17, 15) is 4.79 Å². The van der Waals surface area contributed by atoms with E-state index in [4.69, 9.17) is 4.99 Å². The highest BCUT2D eigenvalue weighted by Crippen LogP contribution is 2.51. The monoisotopic (exact) mass is 564 g/mol. The van der Waals surface area contributed by atoms with Gasteiger partial charge in [0.25, 0.3) is 0 Å². The van der Waals surface area contributed by atoms with E-state index in [2.05, 4.69) is 72.2 Å². The zero-order chi connectivity index (χ0) is 21.5. The molecule has 0 aromatic heterocycles. The van der Waals surface area contributed by atoms with Gasteiger partial charge in [-0.25, -0.2) is 4.99 Å². The van der Waals surface area contributed by atoms with Crippen LogP contribution in [0.4, 0.5) is 0 Å². The van der Waals surface area contributed by atoms with Crippen molar-refractivity contribution in [2.45, 2.75) is 55.3 Å². The molecule has 0 bridgehead atoms. The van der Waals surface area contributed by atoms with E-state index >= 15 is 0 Å². The molecule has 5 nitrogen and oxygen atoms in total. The molecule has 1 saturated heterocycles. The number of rotatable bonds is 9. The molecule has 172 valence electrons. The van der Waals surface area contributed by atoms with Crippen molar-refractivity contribution >= 4 is 47.6 Å². The Morgan fingerprint density at radius 3 is 2.41 bits per heavy atom. The standard InChI is InChI=1S/C25H32N4OS.HI/c1-2-26-24(28-19-25(14-15-25)31-22-7-4-3-5-8-22)27-17-20-10-12-21(13-11-20)18-29-16-6-9-23(29)30;/h3-5,7-8,10-13H,2,6,9,14-19H2,1H3,(H2,26,27,28);1H. The maximum Gasteiger partial charge on any atom is 0.222 e. The van der Waals surface area contributed by atoms with Crippen molar-refractivity contribution < 1.29 is 4.79 Å². The Balaban J connectivity index is 0.00000289. The van der Waals surface area contributed by atoms with Gasteiger partial charge in [0.15, 0.2) is 5.96 Å². The molecule has 7 heteroatoms.